The predicted octanol–water partition coefficient (Wildman–Crippen LogP) is 4.76. The molecule has 0 saturated heterocycles. The number of rotatable bonds is 2. The van der Waals surface area contributed by atoms with Crippen LogP contribution >= 0.6 is 0 Å². The Labute approximate surface area is 98.0 Å². The molecule has 0 amide bonds. The second-order valence-electron chi connectivity index (χ2n) is 4.17. The Kier molecular flexibility index (Phi) is 3.40. The maximum atomic E-state index is 2.27. The molecule has 82 valence electrons. The van der Waals surface area contributed by atoms with Gasteiger partial charge in [0, 0.05) is 0 Å². The van der Waals surface area contributed by atoms with Gasteiger partial charge >= 0.3 is 0 Å². The first-order valence-electron chi connectivity index (χ1n) is 5.91. The summed E-state index contributed by atoms with van der Waals surface area (Å²) in [4.78, 5) is 0. The van der Waals surface area contributed by atoms with Crippen LogP contribution in [0.1, 0.15) is 32.3 Å². The summed E-state index contributed by atoms with van der Waals surface area (Å²) in [6.07, 6.45) is 9.07. The van der Waals surface area contributed by atoms with Crippen LogP contribution in [-0.2, 0) is 0 Å². The number of benzene rings is 1. The number of hydrogen-bond donors (Lipinski definition) is 0. The normalized spacial score (nSPS) is 16.8. The van der Waals surface area contributed by atoms with E-state index >= 15 is 0 Å². The Balaban J connectivity index is 2.50. The Morgan fingerprint density at radius 1 is 1.19 bits per heavy atom. The van der Waals surface area contributed by atoms with Gasteiger partial charge < -0.3 is 0 Å². The predicted molar refractivity (Wildman–Crippen MR) is 71.2 cm³/mol. The van der Waals surface area contributed by atoms with Gasteiger partial charge in [0.2, 0.25) is 0 Å². The molecule has 0 heterocycles. The summed E-state index contributed by atoms with van der Waals surface area (Å²) in [6.45, 7) is 4.32. The van der Waals surface area contributed by atoms with Gasteiger partial charge in [-0.05, 0) is 43.4 Å². The Bertz CT molecular complexity index is 444. The lowest BCUT2D eigenvalue weighted by Gasteiger charge is -2.17. The molecule has 0 bridgehead atoms. The molecule has 0 saturated carbocycles. The lowest BCUT2D eigenvalue weighted by atomic mass is 9.88. The minimum absolute atomic E-state index is 1.16. The van der Waals surface area contributed by atoms with Crippen LogP contribution in [0.5, 0.6) is 0 Å². The van der Waals surface area contributed by atoms with Gasteiger partial charge in [-0.3, -0.25) is 0 Å². The Hall–Kier alpha value is -1.56. The molecule has 0 aliphatic heterocycles. The molecule has 0 spiro atoms. The topological polar surface area (TPSA) is 0 Å². The van der Waals surface area contributed by atoms with E-state index in [4.69, 9.17) is 0 Å². The average molecular weight is 210 g/mol. The fraction of sp³-hybridized carbons (Fsp3) is 0.250. The van der Waals surface area contributed by atoms with Gasteiger partial charge in [-0.1, -0.05) is 54.1 Å². The molecule has 0 N–H and O–H groups in total. The highest BCUT2D eigenvalue weighted by Crippen LogP contribution is 2.31. The van der Waals surface area contributed by atoms with E-state index in [0.717, 1.165) is 12.8 Å². The Morgan fingerprint density at radius 3 is 2.62 bits per heavy atom. The van der Waals surface area contributed by atoms with E-state index in [1.54, 1.807) is 0 Å². The quantitative estimate of drug-likeness (QED) is 0.660. The van der Waals surface area contributed by atoms with Gasteiger partial charge in [-0.25, -0.2) is 0 Å². The molecule has 1 aliphatic rings. The van der Waals surface area contributed by atoms with Gasteiger partial charge in [-0.15, -0.1) is 0 Å². The van der Waals surface area contributed by atoms with E-state index in [2.05, 4.69) is 62.4 Å². The fourth-order valence-electron chi connectivity index (χ4n) is 2.14. The zero-order valence-corrected chi connectivity index (χ0v) is 10.0. The summed E-state index contributed by atoms with van der Waals surface area (Å²) in [5, 5.41) is 0. The second-order valence-corrected chi connectivity index (χ2v) is 4.17. The highest BCUT2D eigenvalue weighted by atomic mass is 14.2. The van der Waals surface area contributed by atoms with Crippen molar-refractivity contribution in [2.24, 2.45) is 0 Å². The lowest BCUT2D eigenvalue weighted by molar-refractivity contribution is 0.972. The van der Waals surface area contributed by atoms with Gasteiger partial charge in [0.1, 0.15) is 0 Å². The van der Waals surface area contributed by atoms with Gasteiger partial charge in [0.05, 0.1) is 0 Å². The third-order valence-corrected chi connectivity index (χ3v) is 3.16. The molecule has 1 aliphatic carbocycles. The van der Waals surface area contributed by atoms with E-state index in [1.165, 1.54) is 22.3 Å². The van der Waals surface area contributed by atoms with Crippen molar-refractivity contribution in [2.75, 3.05) is 0 Å². The van der Waals surface area contributed by atoms with Crippen LogP contribution in [0.2, 0.25) is 0 Å². The van der Waals surface area contributed by atoms with Crippen molar-refractivity contribution in [1.82, 2.24) is 0 Å². The van der Waals surface area contributed by atoms with Crippen LogP contribution in [0.25, 0.3) is 5.57 Å². The van der Waals surface area contributed by atoms with Crippen LogP contribution in [0, 0.1) is 0 Å². The molecule has 2 rings (SSSR count). The summed E-state index contributed by atoms with van der Waals surface area (Å²) >= 11 is 0. The van der Waals surface area contributed by atoms with E-state index in [-0.39, 0.29) is 0 Å². The standard InChI is InChI=1S/C16H18/c1-3-13(2)15-11-7-8-12-16(15)14-9-5-4-6-10-14/h3-6,8-10,12H,7,11H2,1-2H3/b13-3-. The zero-order valence-electron chi connectivity index (χ0n) is 10.0. The summed E-state index contributed by atoms with van der Waals surface area (Å²) in [6, 6.07) is 10.7. The molecular weight excluding hydrogens is 192 g/mol. The molecule has 0 aromatic heterocycles. The molecule has 0 heteroatoms. The molecule has 1 aromatic carbocycles. The van der Waals surface area contributed by atoms with Crippen LogP contribution in [-0.4, -0.2) is 0 Å². The highest BCUT2D eigenvalue weighted by molar-refractivity contribution is 5.80. The van der Waals surface area contributed by atoms with E-state index < -0.39 is 0 Å². The van der Waals surface area contributed by atoms with Crippen molar-refractivity contribution in [3.05, 3.63) is 65.3 Å². The maximum Gasteiger partial charge on any atom is -0.0152 e. The monoisotopic (exact) mass is 210 g/mol. The summed E-state index contributed by atoms with van der Waals surface area (Å²) in [7, 11) is 0. The van der Waals surface area contributed by atoms with E-state index in [9.17, 15) is 0 Å². The van der Waals surface area contributed by atoms with E-state index in [0.29, 0.717) is 0 Å². The molecular formula is C16H18. The molecule has 0 radical (unpaired) electrons. The zero-order chi connectivity index (χ0) is 11.4. The first-order chi connectivity index (χ1) is 7.83. The molecule has 0 unspecified atom stereocenters. The van der Waals surface area contributed by atoms with Crippen molar-refractivity contribution < 1.29 is 0 Å². The molecule has 0 fully saturated rings. The third kappa shape index (κ3) is 2.16. The number of hydrogen-bond acceptors (Lipinski definition) is 0. The van der Waals surface area contributed by atoms with Crippen molar-refractivity contribution in [2.45, 2.75) is 26.7 Å². The fourth-order valence-corrected chi connectivity index (χ4v) is 2.14. The maximum absolute atomic E-state index is 2.27. The molecule has 16 heavy (non-hydrogen) atoms. The first-order valence-corrected chi connectivity index (χ1v) is 5.91. The molecule has 0 atom stereocenters. The summed E-state index contributed by atoms with van der Waals surface area (Å²) in [5.74, 6) is 0. The highest BCUT2D eigenvalue weighted by Gasteiger charge is 2.10. The summed E-state index contributed by atoms with van der Waals surface area (Å²) < 4.78 is 0. The van der Waals surface area contributed by atoms with Gasteiger partial charge in [-0.2, -0.15) is 0 Å². The van der Waals surface area contributed by atoms with E-state index in [1.807, 2.05) is 0 Å². The third-order valence-electron chi connectivity index (χ3n) is 3.16. The Morgan fingerprint density at radius 2 is 1.94 bits per heavy atom. The largest absolute Gasteiger partial charge is 0.0844 e. The molecule has 0 nitrogen and oxygen atoms in total. The van der Waals surface area contributed by atoms with Crippen LogP contribution in [0.4, 0.5) is 0 Å². The lowest BCUT2D eigenvalue weighted by Crippen LogP contribution is -1.96. The molecule has 1 aromatic rings. The van der Waals surface area contributed by atoms with Crippen LogP contribution in [0.15, 0.2) is 59.7 Å². The first kappa shape index (κ1) is 10.9. The number of allylic oxidation sites excluding steroid dienone is 6. The van der Waals surface area contributed by atoms with Crippen molar-refractivity contribution in [3.63, 3.8) is 0 Å². The average Bonchev–Trinajstić information content (AvgIpc) is 2.39. The van der Waals surface area contributed by atoms with Gasteiger partial charge in [0.15, 0.2) is 0 Å². The second kappa shape index (κ2) is 4.98. The smallest absolute Gasteiger partial charge is 0.0152 e. The van der Waals surface area contributed by atoms with Crippen molar-refractivity contribution >= 4 is 5.57 Å². The summed E-state index contributed by atoms with van der Waals surface area (Å²) in [5.41, 5.74) is 5.62. The van der Waals surface area contributed by atoms with Crippen molar-refractivity contribution in [1.29, 1.82) is 0 Å². The minimum atomic E-state index is 1.16. The van der Waals surface area contributed by atoms with Crippen molar-refractivity contribution in [3.8, 4) is 0 Å². The van der Waals surface area contributed by atoms with Crippen LogP contribution in [0.3, 0.4) is 0 Å². The SMILES string of the molecule is C/C=C(/C)C1=C(c2ccccc2)C=CCC1. The van der Waals surface area contributed by atoms with Gasteiger partial charge in [0.25, 0.3) is 0 Å². The minimum Gasteiger partial charge on any atom is -0.0844 e. The van der Waals surface area contributed by atoms with Crippen LogP contribution < -0.4 is 0 Å².